The quantitative estimate of drug-likeness (QED) is 0.366. The van der Waals surface area contributed by atoms with Gasteiger partial charge in [-0.25, -0.2) is 16.5 Å². The van der Waals surface area contributed by atoms with E-state index in [1.54, 1.807) is 0 Å². The second-order valence-corrected chi connectivity index (χ2v) is 3.40. The monoisotopic (exact) mass is 204 g/mol. The zero-order valence-electron chi connectivity index (χ0n) is 9.49. The number of nitrogens with zero attached hydrogens (tertiary/aromatic N) is 1. The van der Waals surface area contributed by atoms with E-state index in [0.717, 1.165) is 5.92 Å². The Morgan fingerprint density at radius 1 is 1.36 bits per heavy atom. The lowest BCUT2D eigenvalue weighted by Gasteiger charge is -2.04. The van der Waals surface area contributed by atoms with E-state index in [-0.39, 0.29) is 0 Å². The molecule has 0 aromatic heterocycles. The molecular formula is C9H24N4O. The molecule has 5 heteroatoms. The number of primary amides is 1. The minimum Gasteiger partial charge on any atom is -0.349 e. The summed E-state index contributed by atoms with van der Waals surface area (Å²) in [6.45, 7) is 6.85. The summed E-state index contributed by atoms with van der Waals surface area (Å²) < 4.78 is 0. The molecule has 86 valence electrons. The number of urea groups is 1. The Morgan fingerprint density at radius 2 is 1.79 bits per heavy atom. The Morgan fingerprint density at radius 3 is 2.00 bits per heavy atom. The molecule has 0 aromatic carbocycles. The summed E-state index contributed by atoms with van der Waals surface area (Å²) in [7, 11) is 0. The maximum atomic E-state index is 9.60. The largest absolute Gasteiger partial charge is 0.349 e. The molecule has 0 heterocycles. The van der Waals surface area contributed by atoms with Gasteiger partial charge >= 0.3 is 6.03 Å². The van der Waals surface area contributed by atoms with Crippen LogP contribution in [0.1, 0.15) is 46.5 Å². The number of hydrogen-bond acceptors (Lipinski definition) is 3. The normalized spacial score (nSPS) is 11.2. The van der Waals surface area contributed by atoms with E-state index in [1.807, 2.05) is 0 Å². The molecule has 0 aromatic rings. The number of amides is 2. The second-order valence-electron chi connectivity index (χ2n) is 3.40. The summed E-state index contributed by atoms with van der Waals surface area (Å²) in [5.74, 6) is 10.1. The van der Waals surface area contributed by atoms with Gasteiger partial charge in [-0.15, -0.1) is 0 Å². The highest BCUT2D eigenvalue weighted by Gasteiger charge is 1.94. The molecular weight excluding hydrogens is 180 g/mol. The fourth-order valence-electron chi connectivity index (χ4n) is 0.757. The molecule has 0 saturated heterocycles. The topological polar surface area (TPSA) is 98.4 Å². The fourth-order valence-corrected chi connectivity index (χ4v) is 0.757. The van der Waals surface area contributed by atoms with Gasteiger partial charge in [0, 0.05) is 0 Å². The van der Waals surface area contributed by atoms with Crippen LogP contribution in [0, 0.1) is 5.92 Å². The minimum absolute atomic E-state index is 0.306. The number of rotatable bonds is 4. The Hall–Kier alpha value is -0.810. The van der Waals surface area contributed by atoms with Crippen LogP contribution in [0.3, 0.4) is 0 Å². The third-order valence-corrected chi connectivity index (χ3v) is 2.00. The predicted octanol–water partition coefficient (Wildman–Crippen LogP) is 1.34. The van der Waals surface area contributed by atoms with E-state index in [2.05, 4.69) is 38.2 Å². The van der Waals surface area contributed by atoms with Gasteiger partial charge < -0.3 is 5.73 Å². The molecule has 0 radical (unpaired) electrons. The van der Waals surface area contributed by atoms with Gasteiger partial charge in [0.05, 0.1) is 0 Å². The molecule has 0 spiro atoms. The van der Waals surface area contributed by atoms with E-state index in [4.69, 9.17) is 0 Å². The van der Waals surface area contributed by atoms with Crippen molar-refractivity contribution < 1.29 is 4.79 Å². The minimum atomic E-state index is -0.852. The van der Waals surface area contributed by atoms with Crippen LogP contribution in [0.5, 0.6) is 0 Å². The van der Waals surface area contributed by atoms with Crippen LogP contribution in [-0.2, 0) is 0 Å². The van der Waals surface area contributed by atoms with Crippen molar-refractivity contribution in [2.24, 2.45) is 23.3 Å². The van der Waals surface area contributed by atoms with E-state index >= 15 is 0 Å². The molecule has 6 N–H and O–H groups in total. The van der Waals surface area contributed by atoms with Gasteiger partial charge in [0.2, 0.25) is 0 Å². The van der Waals surface area contributed by atoms with Crippen molar-refractivity contribution >= 4 is 6.03 Å². The standard InChI is InChI=1S/C8H18.CH6N4O/c1-4-6-7-8(3)5-2;2-1(6)5(3)4/h8H,4-7H2,1-3H3;3-4H2,(H2,2,6). The van der Waals surface area contributed by atoms with Gasteiger partial charge in [-0.3, -0.25) is 0 Å². The Balaban J connectivity index is 0. The number of nitrogens with two attached hydrogens (primary N) is 3. The highest BCUT2D eigenvalue weighted by atomic mass is 16.2. The van der Waals surface area contributed by atoms with Crippen LogP contribution in [0.25, 0.3) is 0 Å². The summed E-state index contributed by atoms with van der Waals surface area (Å²) in [5, 5.41) is 0.306. The summed E-state index contributed by atoms with van der Waals surface area (Å²) in [6.07, 6.45) is 5.53. The van der Waals surface area contributed by atoms with E-state index < -0.39 is 6.03 Å². The van der Waals surface area contributed by atoms with Gasteiger partial charge in [-0.2, -0.15) is 5.12 Å². The maximum absolute atomic E-state index is 9.60. The molecule has 0 aliphatic carbocycles. The van der Waals surface area contributed by atoms with Gasteiger partial charge in [0.1, 0.15) is 0 Å². The number of carbonyl (C=O) groups excluding carboxylic acids is 1. The highest BCUT2D eigenvalue weighted by molar-refractivity contribution is 5.70. The van der Waals surface area contributed by atoms with Crippen molar-refractivity contribution in [3.05, 3.63) is 0 Å². The summed E-state index contributed by atoms with van der Waals surface area (Å²) in [4.78, 5) is 9.60. The fraction of sp³-hybridized carbons (Fsp3) is 0.889. The molecule has 1 atom stereocenters. The zero-order chi connectivity index (χ0) is 11.6. The van der Waals surface area contributed by atoms with Crippen LogP contribution in [0.2, 0.25) is 0 Å². The van der Waals surface area contributed by atoms with Crippen LogP contribution in [-0.4, -0.2) is 11.1 Å². The molecule has 2 amide bonds. The number of unbranched alkanes of at least 4 members (excludes halogenated alkanes) is 1. The first-order chi connectivity index (χ1) is 6.45. The van der Waals surface area contributed by atoms with Crippen molar-refractivity contribution in [2.45, 2.75) is 46.5 Å². The first-order valence-electron chi connectivity index (χ1n) is 5.04. The molecule has 0 aliphatic heterocycles. The first kappa shape index (κ1) is 15.7. The van der Waals surface area contributed by atoms with Crippen LogP contribution < -0.4 is 17.4 Å². The summed E-state index contributed by atoms with van der Waals surface area (Å²) in [6, 6.07) is -0.852. The van der Waals surface area contributed by atoms with Gasteiger partial charge in [0.15, 0.2) is 0 Å². The molecule has 14 heavy (non-hydrogen) atoms. The SMILES string of the molecule is CCCCC(C)CC.NC(=O)N(N)N. The lowest BCUT2D eigenvalue weighted by atomic mass is 10.0. The molecule has 0 bridgehead atoms. The average Bonchev–Trinajstić information content (AvgIpc) is 2.14. The van der Waals surface area contributed by atoms with Crippen molar-refractivity contribution in [3.63, 3.8) is 0 Å². The molecule has 1 unspecified atom stereocenters. The van der Waals surface area contributed by atoms with E-state index in [9.17, 15) is 4.79 Å². The molecule has 5 nitrogen and oxygen atoms in total. The third kappa shape index (κ3) is 13.8. The molecule has 0 aliphatic rings. The number of hydrogen-bond donors (Lipinski definition) is 3. The number of hydrazine groups is 2. The predicted molar refractivity (Wildman–Crippen MR) is 58.8 cm³/mol. The van der Waals surface area contributed by atoms with E-state index in [1.165, 1.54) is 25.7 Å². The Bertz CT molecular complexity index is 139. The average molecular weight is 204 g/mol. The number of carbonyl (C=O) groups is 1. The Labute approximate surface area is 86.5 Å². The molecule has 0 fully saturated rings. The van der Waals surface area contributed by atoms with Crippen molar-refractivity contribution in [1.82, 2.24) is 5.12 Å². The maximum Gasteiger partial charge on any atom is 0.343 e. The van der Waals surface area contributed by atoms with Crippen molar-refractivity contribution in [3.8, 4) is 0 Å². The summed E-state index contributed by atoms with van der Waals surface area (Å²) in [5.41, 5.74) is 4.47. The van der Waals surface area contributed by atoms with Gasteiger partial charge in [-0.05, 0) is 5.92 Å². The highest BCUT2D eigenvalue weighted by Crippen LogP contribution is 2.09. The Kier molecular flexibility index (Phi) is 11.5. The van der Waals surface area contributed by atoms with Gasteiger partial charge in [0.25, 0.3) is 0 Å². The molecule has 0 rings (SSSR count). The smallest absolute Gasteiger partial charge is 0.343 e. The molecule has 0 saturated carbocycles. The lowest BCUT2D eigenvalue weighted by Crippen LogP contribution is -2.46. The van der Waals surface area contributed by atoms with Gasteiger partial charge in [-0.1, -0.05) is 46.5 Å². The first-order valence-corrected chi connectivity index (χ1v) is 5.04. The van der Waals surface area contributed by atoms with Crippen molar-refractivity contribution in [2.75, 3.05) is 0 Å². The van der Waals surface area contributed by atoms with E-state index in [0.29, 0.717) is 5.12 Å². The lowest BCUT2D eigenvalue weighted by molar-refractivity contribution is 0.210. The summed E-state index contributed by atoms with van der Waals surface area (Å²) >= 11 is 0. The van der Waals surface area contributed by atoms with Crippen LogP contribution >= 0.6 is 0 Å². The zero-order valence-corrected chi connectivity index (χ0v) is 9.49. The third-order valence-electron chi connectivity index (χ3n) is 2.00. The van der Waals surface area contributed by atoms with Crippen LogP contribution in [0.4, 0.5) is 4.79 Å². The van der Waals surface area contributed by atoms with Crippen molar-refractivity contribution in [1.29, 1.82) is 0 Å². The second kappa shape index (κ2) is 10.3. The van der Waals surface area contributed by atoms with Crippen LogP contribution in [0.15, 0.2) is 0 Å².